The maximum absolute atomic E-state index is 4.38. The summed E-state index contributed by atoms with van der Waals surface area (Å²) < 4.78 is 4.21. The molecule has 1 N–H and O–H groups in total. The highest BCUT2D eigenvalue weighted by atomic mass is 32.1. The van der Waals surface area contributed by atoms with Crippen LogP contribution in [-0.2, 0) is 0 Å². The fourth-order valence-electron chi connectivity index (χ4n) is 3.08. The predicted octanol–water partition coefficient (Wildman–Crippen LogP) is 3.86. The van der Waals surface area contributed by atoms with Gasteiger partial charge in [-0.25, -0.2) is 4.98 Å². The number of rotatable bonds is 5. The Hall–Kier alpha value is -0.640. The van der Waals surface area contributed by atoms with Gasteiger partial charge >= 0.3 is 0 Å². The average molecular weight is 253 g/mol. The van der Waals surface area contributed by atoms with E-state index >= 15 is 0 Å². The van der Waals surface area contributed by atoms with E-state index < -0.39 is 0 Å². The maximum Gasteiger partial charge on any atom is 0.202 e. The third-order valence-corrected chi connectivity index (χ3v) is 4.41. The normalized spacial score (nSPS) is 18.8. The third kappa shape index (κ3) is 3.41. The van der Waals surface area contributed by atoms with Crippen LogP contribution < -0.4 is 5.32 Å². The molecular formula is C13H23N3S. The Bertz CT molecular complexity index is 353. The second kappa shape index (κ2) is 5.34. The first-order chi connectivity index (χ1) is 8.10. The molecule has 0 amide bonds. The van der Waals surface area contributed by atoms with Gasteiger partial charge in [-0.15, -0.1) is 0 Å². The van der Waals surface area contributed by atoms with Gasteiger partial charge in [0.1, 0.15) is 5.82 Å². The van der Waals surface area contributed by atoms with Crippen molar-refractivity contribution >= 4 is 16.7 Å². The van der Waals surface area contributed by atoms with Gasteiger partial charge in [-0.2, -0.15) is 4.37 Å². The van der Waals surface area contributed by atoms with E-state index in [9.17, 15) is 0 Å². The van der Waals surface area contributed by atoms with Gasteiger partial charge in [-0.3, -0.25) is 0 Å². The van der Waals surface area contributed by atoms with E-state index in [1.165, 1.54) is 43.6 Å². The largest absolute Gasteiger partial charge is 0.360 e. The number of anilines is 1. The van der Waals surface area contributed by atoms with E-state index in [4.69, 9.17) is 0 Å². The lowest BCUT2D eigenvalue weighted by Gasteiger charge is -2.31. The third-order valence-electron chi connectivity index (χ3n) is 3.65. The standard InChI is InChI=1S/C13H23N3S/c1-10(2)8-13(6-4-5-7-13)9-14-12-15-11(3)16-17-12/h10H,4-9H2,1-3H3,(H,14,15,16). The second-order valence-electron chi connectivity index (χ2n) is 5.81. The van der Waals surface area contributed by atoms with Gasteiger partial charge in [-0.1, -0.05) is 26.7 Å². The lowest BCUT2D eigenvalue weighted by atomic mass is 9.78. The minimum Gasteiger partial charge on any atom is -0.360 e. The van der Waals surface area contributed by atoms with E-state index in [0.29, 0.717) is 5.41 Å². The Labute approximate surface area is 108 Å². The van der Waals surface area contributed by atoms with Gasteiger partial charge in [0.05, 0.1) is 0 Å². The smallest absolute Gasteiger partial charge is 0.202 e. The van der Waals surface area contributed by atoms with Crippen LogP contribution in [0.25, 0.3) is 0 Å². The van der Waals surface area contributed by atoms with Crippen LogP contribution in [0, 0.1) is 18.3 Å². The topological polar surface area (TPSA) is 37.8 Å². The molecule has 17 heavy (non-hydrogen) atoms. The molecule has 2 rings (SSSR count). The molecule has 0 aliphatic heterocycles. The Morgan fingerprint density at radius 1 is 1.35 bits per heavy atom. The highest BCUT2D eigenvalue weighted by Crippen LogP contribution is 2.43. The van der Waals surface area contributed by atoms with Crippen molar-refractivity contribution < 1.29 is 0 Å². The number of nitrogens with zero attached hydrogens (tertiary/aromatic N) is 2. The number of hydrogen-bond acceptors (Lipinski definition) is 4. The van der Waals surface area contributed by atoms with Crippen LogP contribution >= 0.6 is 11.5 Å². The highest BCUT2D eigenvalue weighted by molar-refractivity contribution is 7.09. The van der Waals surface area contributed by atoms with Gasteiger partial charge < -0.3 is 5.32 Å². The Kier molecular flexibility index (Phi) is 4.02. The second-order valence-corrected chi connectivity index (χ2v) is 6.56. The predicted molar refractivity (Wildman–Crippen MR) is 73.5 cm³/mol. The minimum absolute atomic E-state index is 0.508. The fraction of sp³-hybridized carbons (Fsp3) is 0.846. The lowest BCUT2D eigenvalue weighted by Crippen LogP contribution is -2.28. The van der Waals surface area contributed by atoms with Gasteiger partial charge in [0.2, 0.25) is 5.13 Å². The number of aryl methyl sites for hydroxylation is 1. The summed E-state index contributed by atoms with van der Waals surface area (Å²) in [4.78, 5) is 4.38. The number of hydrogen-bond donors (Lipinski definition) is 1. The average Bonchev–Trinajstić information content (AvgIpc) is 2.85. The van der Waals surface area contributed by atoms with Crippen molar-refractivity contribution in [1.82, 2.24) is 9.36 Å². The molecule has 96 valence electrons. The molecule has 1 heterocycles. The SMILES string of the molecule is Cc1nsc(NCC2(CC(C)C)CCCC2)n1. The summed E-state index contributed by atoms with van der Waals surface area (Å²) in [6.07, 6.45) is 6.86. The Morgan fingerprint density at radius 3 is 2.59 bits per heavy atom. The molecule has 4 heteroatoms. The molecule has 1 aliphatic carbocycles. The molecular weight excluding hydrogens is 230 g/mol. The zero-order chi connectivity index (χ0) is 12.3. The summed E-state index contributed by atoms with van der Waals surface area (Å²) in [7, 11) is 0. The molecule has 0 aromatic carbocycles. The van der Waals surface area contributed by atoms with Crippen LogP contribution in [0.15, 0.2) is 0 Å². The fourth-order valence-corrected chi connectivity index (χ4v) is 3.65. The van der Waals surface area contributed by atoms with Crippen LogP contribution in [0.1, 0.15) is 51.8 Å². The molecule has 3 nitrogen and oxygen atoms in total. The van der Waals surface area contributed by atoms with Crippen LogP contribution in [-0.4, -0.2) is 15.9 Å². The van der Waals surface area contributed by atoms with Crippen molar-refractivity contribution in [2.45, 2.75) is 52.9 Å². The van der Waals surface area contributed by atoms with Gasteiger partial charge in [0.15, 0.2) is 0 Å². The number of nitrogens with one attached hydrogen (secondary N) is 1. The summed E-state index contributed by atoms with van der Waals surface area (Å²) in [5.41, 5.74) is 0.508. The quantitative estimate of drug-likeness (QED) is 0.865. The van der Waals surface area contributed by atoms with E-state index in [-0.39, 0.29) is 0 Å². The van der Waals surface area contributed by atoms with Gasteiger partial charge in [0.25, 0.3) is 0 Å². The first-order valence-corrected chi connectivity index (χ1v) is 7.41. The molecule has 0 bridgehead atoms. The summed E-state index contributed by atoms with van der Waals surface area (Å²) >= 11 is 1.48. The summed E-state index contributed by atoms with van der Waals surface area (Å²) in [5, 5.41) is 4.48. The van der Waals surface area contributed by atoms with E-state index in [1.807, 2.05) is 6.92 Å². The molecule has 0 spiro atoms. The molecule has 0 atom stereocenters. The molecule has 0 radical (unpaired) electrons. The monoisotopic (exact) mass is 253 g/mol. The summed E-state index contributed by atoms with van der Waals surface area (Å²) in [6.45, 7) is 7.67. The molecule has 1 aromatic heterocycles. The molecule has 0 saturated heterocycles. The number of aromatic nitrogens is 2. The van der Waals surface area contributed by atoms with E-state index in [0.717, 1.165) is 23.4 Å². The summed E-state index contributed by atoms with van der Waals surface area (Å²) in [5.74, 6) is 1.66. The van der Waals surface area contributed by atoms with Crippen molar-refractivity contribution in [3.63, 3.8) is 0 Å². The summed E-state index contributed by atoms with van der Waals surface area (Å²) in [6, 6.07) is 0. The zero-order valence-electron chi connectivity index (χ0n) is 11.1. The van der Waals surface area contributed by atoms with Gasteiger partial charge in [0, 0.05) is 18.1 Å². The Balaban J connectivity index is 1.94. The van der Waals surface area contributed by atoms with Crippen molar-refractivity contribution in [2.24, 2.45) is 11.3 Å². The van der Waals surface area contributed by atoms with Crippen molar-refractivity contribution in [3.8, 4) is 0 Å². The highest BCUT2D eigenvalue weighted by Gasteiger charge is 2.34. The van der Waals surface area contributed by atoms with Crippen molar-refractivity contribution in [2.75, 3.05) is 11.9 Å². The maximum atomic E-state index is 4.38. The molecule has 0 unspecified atom stereocenters. The molecule has 1 saturated carbocycles. The lowest BCUT2D eigenvalue weighted by molar-refractivity contribution is 0.252. The van der Waals surface area contributed by atoms with Crippen molar-refractivity contribution in [1.29, 1.82) is 0 Å². The van der Waals surface area contributed by atoms with E-state index in [1.54, 1.807) is 0 Å². The van der Waals surface area contributed by atoms with Crippen LogP contribution in [0.5, 0.6) is 0 Å². The molecule has 1 aliphatic rings. The zero-order valence-corrected chi connectivity index (χ0v) is 11.9. The van der Waals surface area contributed by atoms with Crippen LogP contribution in [0.4, 0.5) is 5.13 Å². The van der Waals surface area contributed by atoms with E-state index in [2.05, 4.69) is 28.5 Å². The van der Waals surface area contributed by atoms with Crippen LogP contribution in [0.2, 0.25) is 0 Å². The Morgan fingerprint density at radius 2 is 2.06 bits per heavy atom. The molecule has 1 aromatic rings. The first kappa shape index (κ1) is 12.8. The van der Waals surface area contributed by atoms with Crippen LogP contribution in [0.3, 0.4) is 0 Å². The molecule has 1 fully saturated rings. The minimum atomic E-state index is 0.508. The van der Waals surface area contributed by atoms with Gasteiger partial charge in [-0.05, 0) is 37.5 Å². The van der Waals surface area contributed by atoms with Crippen molar-refractivity contribution in [3.05, 3.63) is 5.82 Å². The first-order valence-electron chi connectivity index (χ1n) is 6.64.